The maximum Gasteiger partial charge on any atom is 0.269 e. The van der Waals surface area contributed by atoms with Gasteiger partial charge in [-0.05, 0) is 49.2 Å². The number of para-hydroxylation sites is 1. The minimum absolute atomic E-state index is 0.0639. The average Bonchev–Trinajstić information content (AvgIpc) is 3.45. The van der Waals surface area contributed by atoms with Crippen LogP contribution in [0, 0.1) is 0 Å². The predicted octanol–water partition coefficient (Wildman–Crippen LogP) is 2.89. The minimum atomic E-state index is -0.482. The molecule has 32 heavy (non-hydrogen) atoms. The molecule has 2 aromatic carbocycles. The zero-order valence-corrected chi connectivity index (χ0v) is 18.6. The summed E-state index contributed by atoms with van der Waals surface area (Å²) in [7, 11) is 1.77. The number of nitrogens with one attached hydrogen (secondary N) is 2. The Morgan fingerprint density at radius 3 is 2.47 bits per heavy atom. The van der Waals surface area contributed by atoms with Crippen molar-refractivity contribution in [3.8, 4) is 0 Å². The van der Waals surface area contributed by atoms with E-state index in [0.29, 0.717) is 11.3 Å². The van der Waals surface area contributed by atoms with Crippen molar-refractivity contribution in [2.45, 2.75) is 24.5 Å². The van der Waals surface area contributed by atoms with Crippen molar-refractivity contribution in [1.29, 1.82) is 0 Å². The summed E-state index contributed by atoms with van der Waals surface area (Å²) in [4.78, 5) is 43.3. The van der Waals surface area contributed by atoms with Gasteiger partial charge in [0.1, 0.15) is 5.25 Å². The Kier molecular flexibility index (Phi) is 6.75. The molecule has 8 nitrogen and oxygen atoms in total. The highest BCUT2D eigenvalue weighted by atomic mass is 32.2. The molecule has 3 amide bonds. The van der Waals surface area contributed by atoms with E-state index in [9.17, 15) is 14.4 Å². The fourth-order valence-corrected chi connectivity index (χ4v) is 4.69. The highest BCUT2D eigenvalue weighted by molar-refractivity contribution is 8.15. The number of hydrazine groups is 1. The number of carbonyl (C=O) groups excluding carboxylic acids is 3. The number of rotatable bonds is 6. The summed E-state index contributed by atoms with van der Waals surface area (Å²) in [5, 5.41) is 4.70. The molecule has 1 atom stereocenters. The fraction of sp³-hybridized carbons (Fsp3) is 0.304. The second-order valence-electron chi connectivity index (χ2n) is 7.70. The summed E-state index contributed by atoms with van der Waals surface area (Å²) >= 11 is 1.37. The van der Waals surface area contributed by atoms with Gasteiger partial charge in [-0.15, -0.1) is 0 Å². The smallest absolute Gasteiger partial charge is 0.269 e. The van der Waals surface area contributed by atoms with Gasteiger partial charge in [0, 0.05) is 37.8 Å². The molecule has 0 radical (unpaired) electrons. The molecular weight excluding hydrogens is 426 g/mol. The first-order valence-corrected chi connectivity index (χ1v) is 11.4. The summed E-state index contributed by atoms with van der Waals surface area (Å²) in [6, 6.07) is 16.1. The average molecular weight is 452 g/mol. The Labute approximate surface area is 191 Å². The predicted molar refractivity (Wildman–Crippen MR) is 127 cm³/mol. The molecule has 1 fully saturated rings. The molecule has 2 aliphatic rings. The molecule has 1 saturated heterocycles. The van der Waals surface area contributed by atoms with Gasteiger partial charge in [-0.1, -0.05) is 30.0 Å². The first-order valence-electron chi connectivity index (χ1n) is 10.5. The number of nitrogens with zero attached hydrogens (tertiary/aromatic N) is 3. The van der Waals surface area contributed by atoms with Crippen LogP contribution >= 0.6 is 11.8 Å². The lowest BCUT2D eigenvalue weighted by Gasteiger charge is -2.20. The van der Waals surface area contributed by atoms with Crippen LogP contribution in [0.5, 0.6) is 0 Å². The number of thioether (sulfide) groups is 1. The molecule has 0 aliphatic carbocycles. The van der Waals surface area contributed by atoms with Gasteiger partial charge in [0.05, 0.1) is 5.69 Å². The van der Waals surface area contributed by atoms with Gasteiger partial charge in [-0.25, -0.2) is 0 Å². The summed E-state index contributed by atoms with van der Waals surface area (Å²) in [5.74, 6) is -0.759. The zero-order valence-electron chi connectivity index (χ0n) is 17.8. The highest BCUT2D eigenvalue weighted by Gasteiger charge is 2.33. The van der Waals surface area contributed by atoms with Crippen LogP contribution in [0.15, 0.2) is 59.6 Å². The molecule has 0 unspecified atom stereocenters. The second kappa shape index (κ2) is 9.86. The fourth-order valence-electron chi connectivity index (χ4n) is 3.57. The number of benzene rings is 2. The Bertz CT molecular complexity index is 1020. The molecule has 4 rings (SSSR count). The lowest BCUT2D eigenvalue weighted by molar-refractivity contribution is -0.121. The van der Waals surface area contributed by atoms with Gasteiger partial charge in [-0.2, -0.15) is 4.99 Å². The Balaban J connectivity index is 1.27. The van der Waals surface area contributed by atoms with E-state index in [1.54, 1.807) is 36.3 Å². The maximum atomic E-state index is 12.5. The van der Waals surface area contributed by atoms with Crippen LogP contribution in [0.25, 0.3) is 0 Å². The van der Waals surface area contributed by atoms with E-state index in [4.69, 9.17) is 0 Å². The lowest BCUT2D eigenvalue weighted by atomic mass is 10.2. The lowest BCUT2D eigenvalue weighted by Crippen LogP contribution is -2.39. The van der Waals surface area contributed by atoms with Crippen LogP contribution < -0.4 is 15.8 Å². The third-order valence-corrected chi connectivity index (χ3v) is 6.53. The highest BCUT2D eigenvalue weighted by Crippen LogP contribution is 2.29. The number of anilines is 2. The summed E-state index contributed by atoms with van der Waals surface area (Å²) in [6.07, 6.45) is 2.28. The van der Waals surface area contributed by atoms with Crippen LogP contribution in [-0.2, 0) is 9.59 Å². The Morgan fingerprint density at radius 1 is 1.09 bits per heavy atom. The third-order valence-electron chi connectivity index (χ3n) is 5.32. The number of likely N-dealkylation sites (tertiary alicyclic amines) is 1. The third kappa shape index (κ3) is 5.28. The number of hydrogen-bond acceptors (Lipinski definition) is 6. The largest absolute Gasteiger partial charge is 0.351 e. The van der Waals surface area contributed by atoms with Crippen molar-refractivity contribution >= 4 is 46.0 Å². The van der Waals surface area contributed by atoms with E-state index in [1.165, 1.54) is 11.8 Å². The Morgan fingerprint density at radius 2 is 1.78 bits per heavy atom. The van der Waals surface area contributed by atoms with E-state index in [1.807, 2.05) is 30.3 Å². The molecule has 166 valence electrons. The van der Waals surface area contributed by atoms with E-state index >= 15 is 0 Å². The molecule has 2 N–H and O–H groups in total. The van der Waals surface area contributed by atoms with Crippen molar-refractivity contribution in [2.24, 2.45) is 4.99 Å². The molecule has 2 aromatic rings. The van der Waals surface area contributed by atoms with E-state index in [2.05, 4.69) is 20.6 Å². The van der Waals surface area contributed by atoms with E-state index in [-0.39, 0.29) is 24.1 Å². The van der Waals surface area contributed by atoms with Gasteiger partial charge >= 0.3 is 0 Å². The van der Waals surface area contributed by atoms with Crippen LogP contribution in [0.2, 0.25) is 0 Å². The SMILES string of the molecule is CN(NC(=O)c1ccc(NC(=O)C[C@H]2SC(N3CCCC3)=NC2=O)cc1)c1ccccc1. The first-order chi connectivity index (χ1) is 15.5. The van der Waals surface area contributed by atoms with Gasteiger partial charge in [0.25, 0.3) is 11.8 Å². The monoisotopic (exact) mass is 451 g/mol. The molecular formula is C23H25N5O3S. The molecule has 0 bridgehead atoms. The van der Waals surface area contributed by atoms with Crippen LogP contribution in [0.3, 0.4) is 0 Å². The number of hydrogen-bond donors (Lipinski definition) is 2. The van der Waals surface area contributed by atoms with Crippen molar-refractivity contribution in [1.82, 2.24) is 10.3 Å². The standard InChI is InChI=1S/C23H25N5O3S/c1-27(18-7-3-2-4-8-18)26-21(30)16-9-11-17(12-10-16)24-20(29)15-19-22(31)25-23(32-19)28-13-5-6-14-28/h2-4,7-12,19H,5-6,13-15H2,1H3,(H,24,29)(H,26,30)/t19-/m1/s1. The molecule has 9 heteroatoms. The number of amides is 3. The molecule has 0 aromatic heterocycles. The number of amidine groups is 1. The molecule has 2 heterocycles. The van der Waals surface area contributed by atoms with Gasteiger partial charge < -0.3 is 10.2 Å². The van der Waals surface area contributed by atoms with Crippen LogP contribution in [0.4, 0.5) is 11.4 Å². The second-order valence-corrected chi connectivity index (χ2v) is 8.87. The van der Waals surface area contributed by atoms with Gasteiger partial charge in [0.2, 0.25) is 5.91 Å². The van der Waals surface area contributed by atoms with Crippen molar-refractivity contribution in [2.75, 3.05) is 30.5 Å². The number of carbonyl (C=O) groups is 3. The van der Waals surface area contributed by atoms with Crippen molar-refractivity contribution in [3.05, 3.63) is 60.2 Å². The summed E-state index contributed by atoms with van der Waals surface area (Å²) < 4.78 is 0. The quantitative estimate of drug-likeness (QED) is 0.656. The summed E-state index contributed by atoms with van der Waals surface area (Å²) in [5.41, 5.74) is 4.70. The normalized spacial score (nSPS) is 17.8. The Hall–Kier alpha value is -3.33. The van der Waals surface area contributed by atoms with Crippen molar-refractivity contribution < 1.29 is 14.4 Å². The zero-order chi connectivity index (χ0) is 22.5. The maximum absolute atomic E-state index is 12.5. The van der Waals surface area contributed by atoms with E-state index < -0.39 is 5.25 Å². The molecule has 2 aliphatic heterocycles. The summed E-state index contributed by atoms with van der Waals surface area (Å²) in [6.45, 7) is 1.83. The molecule has 0 saturated carbocycles. The van der Waals surface area contributed by atoms with Crippen LogP contribution in [-0.4, -0.2) is 53.2 Å². The first kappa shape index (κ1) is 21.9. The topological polar surface area (TPSA) is 94.1 Å². The van der Waals surface area contributed by atoms with Gasteiger partial charge in [0.15, 0.2) is 5.17 Å². The number of aliphatic imine (C=N–C) groups is 1. The molecule has 0 spiro atoms. The minimum Gasteiger partial charge on any atom is -0.351 e. The van der Waals surface area contributed by atoms with E-state index in [0.717, 1.165) is 36.8 Å². The van der Waals surface area contributed by atoms with Crippen LogP contribution in [0.1, 0.15) is 29.6 Å². The van der Waals surface area contributed by atoms with Crippen molar-refractivity contribution in [3.63, 3.8) is 0 Å². The van der Waals surface area contributed by atoms with Gasteiger partial charge in [-0.3, -0.25) is 24.8 Å².